The van der Waals surface area contributed by atoms with E-state index >= 15 is 0 Å². The number of carboxylic acid groups (broad SMARTS) is 1. The molecule has 1 aromatic carbocycles. The first-order valence-electron chi connectivity index (χ1n) is 6.31. The molecule has 2 rings (SSSR count). The second kappa shape index (κ2) is 5.96. The summed E-state index contributed by atoms with van der Waals surface area (Å²) >= 11 is 6.28. The summed E-state index contributed by atoms with van der Waals surface area (Å²) in [7, 11) is 0. The number of hydrogen-bond acceptors (Lipinski definition) is 4. The van der Waals surface area contributed by atoms with Gasteiger partial charge in [-0.2, -0.15) is 0 Å². The van der Waals surface area contributed by atoms with Crippen LogP contribution in [0.3, 0.4) is 0 Å². The first kappa shape index (κ1) is 14.4. The standard InChI is InChI=1S/C14H15ClN2O3/c1-3-17(4-2)12-6-5-9(7-10(12)15)13-8-11(14(18)19)16-20-13/h5-8H,3-4H2,1-2H3,(H,18,19). The Kier molecular flexibility index (Phi) is 4.29. The third kappa shape index (κ3) is 2.77. The van der Waals surface area contributed by atoms with E-state index < -0.39 is 5.97 Å². The predicted octanol–water partition coefficient (Wildman–Crippen LogP) is 3.54. The highest BCUT2D eigenvalue weighted by atomic mass is 35.5. The van der Waals surface area contributed by atoms with Crippen molar-refractivity contribution in [3.63, 3.8) is 0 Å². The van der Waals surface area contributed by atoms with E-state index in [1.807, 2.05) is 12.1 Å². The van der Waals surface area contributed by atoms with Crippen LogP contribution in [-0.4, -0.2) is 29.3 Å². The van der Waals surface area contributed by atoms with E-state index in [-0.39, 0.29) is 5.69 Å². The molecule has 1 aromatic heterocycles. The van der Waals surface area contributed by atoms with Crippen LogP contribution in [-0.2, 0) is 0 Å². The maximum Gasteiger partial charge on any atom is 0.358 e. The lowest BCUT2D eigenvalue weighted by Crippen LogP contribution is -2.22. The Labute approximate surface area is 121 Å². The molecule has 0 unspecified atom stereocenters. The highest BCUT2D eigenvalue weighted by Crippen LogP contribution is 2.31. The summed E-state index contributed by atoms with van der Waals surface area (Å²) in [5.41, 5.74) is 1.52. The van der Waals surface area contributed by atoms with Gasteiger partial charge in [-0.1, -0.05) is 16.8 Å². The minimum absolute atomic E-state index is 0.121. The minimum atomic E-state index is -1.12. The van der Waals surface area contributed by atoms with E-state index in [9.17, 15) is 4.79 Å². The maximum atomic E-state index is 10.8. The van der Waals surface area contributed by atoms with E-state index in [1.54, 1.807) is 6.07 Å². The summed E-state index contributed by atoms with van der Waals surface area (Å²) in [5, 5.41) is 12.9. The average Bonchev–Trinajstić information content (AvgIpc) is 2.91. The minimum Gasteiger partial charge on any atom is -0.476 e. The number of halogens is 1. The second-order valence-electron chi connectivity index (χ2n) is 4.22. The van der Waals surface area contributed by atoms with Crippen molar-refractivity contribution in [1.82, 2.24) is 5.16 Å². The molecule has 2 aromatic rings. The third-order valence-electron chi connectivity index (χ3n) is 3.07. The molecule has 0 amide bonds. The van der Waals surface area contributed by atoms with Crippen molar-refractivity contribution in [2.75, 3.05) is 18.0 Å². The van der Waals surface area contributed by atoms with Crippen molar-refractivity contribution in [2.24, 2.45) is 0 Å². The third-order valence-corrected chi connectivity index (χ3v) is 3.37. The zero-order valence-electron chi connectivity index (χ0n) is 11.3. The van der Waals surface area contributed by atoms with Crippen LogP contribution in [0.5, 0.6) is 0 Å². The Bertz CT molecular complexity index is 621. The monoisotopic (exact) mass is 294 g/mol. The second-order valence-corrected chi connectivity index (χ2v) is 4.63. The van der Waals surface area contributed by atoms with Gasteiger partial charge in [-0.05, 0) is 32.0 Å². The molecular weight excluding hydrogens is 280 g/mol. The summed E-state index contributed by atoms with van der Waals surface area (Å²) in [6, 6.07) is 6.87. The summed E-state index contributed by atoms with van der Waals surface area (Å²) in [6.45, 7) is 5.84. The molecule has 106 valence electrons. The number of carbonyl (C=O) groups is 1. The molecule has 0 aliphatic heterocycles. The molecule has 0 aliphatic carbocycles. The SMILES string of the molecule is CCN(CC)c1ccc(-c2cc(C(=O)O)no2)cc1Cl. The quantitative estimate of drug-likeness (QED) is 0.913. The first-order chi connectivity index (χ1) is 9.56. The number of carboxylic acids is 1. The molecular formula is C14H15ClN2O3. The predicted molar refractivity (Wildman–Crippen MR) is 77.5 cm³/mol. The smallest absolute Gasteiger partial charge is 0.358 e. The fourth-order valence-corrected chi connectivity index (χ4v) is 2.29. The van der Waals surface area contributed by atoms with Gasteiger partial charge < -0.3 is 14.5 Å². The van der Waals surface area contributed by atoms with Gasteiger partial charge in [-0.3, -0.25) is 0 Å². The number of aromatic nitrogens is 1. The topological polar surface area (TPSA) is 66.6 Å². The Morgan fingerprint density at radius 3 is 2.55 bits per heavy atom. The number of benzene rings is 1. The molecule has 1 heterocycles. The van der Waals surface area contributed by atoms with Gasteiger partial charge in [0.15, 0.2) is 11.5 Å². The lowest BCUT2D eigenvalue weighted by Gasteiger charge is -2.22. The Balaban J connectivity index is 2.34. The first-order valence-corrected chi connectivity index (χ1v) is 6.69. The number of nitrogens with zero attached hydrogens (tertiary/aromatic N) is 2. The van der Waals surface area contributed by atoms with Gasteiger partial charge >= 0.3 is 5.97 Å². The van der Waals surface area contributed by atoms with Gasteiger partial charge in [0.25, 0.3) is 0 Å². The van der Waals surface area contributed by atoms with Crippen molar-refractivity contribution < 1.29 is 14.4 Å². The molecule has 0 saturated carbocycles. The lowest BCUT2D eigenvalue weighted by atomic mass is 10.1. The van der Waals surface area contributed by atoms with Crippen LogP contribution in [0.15, 0.2) is 28.8 Å². The van der Waals surface area contributed by atoms with E-state index in [4.69, 9.17) is 21.2 Å². The van der Waals surface area contributed by atoms with Gasteiger partial charge in [0.05, 0.1) is 10.7 Å². The highest BCUT2D eigenvalue weighted by molar-refractivity contribution is 6.33. The van der Waals surface area contributed by atoms with Crippen molar-refractivity contribution >= 4 is 23.3 Å². The van der Waals surface area contributed by atoms with E-state index in [0.29, 0.717) is 16.3 Å². The van der Waals surface area contributed by atoms with Gasteiger partial charge in [0.2, 0.25) is 0 Å². The molecule has 0 radical (unpaired) electrons. The van der Waals surface area contributed by atoms with Gasteiger partial charge in [-0.25, -0.2) is 4.79 Å². The van der Waals surface area contributed by atoms with Crippen molar-refractivity contribution in [1.29, 1.82) is 0 Å². The van der Waals surface area contributed by atoms with E-state index in [2.05, 4.69) is 23.9 Å². The van der Waals surface area contributed by atoms with Crippen LogP contribution in [0.1, 0.15) is 24.3 Å². The molecule has 0 saturated heterocycles. The Hall–Kier alpha value is -2.01. The molecule has 6 heteroatoms. The zero-order valence-corrected chi connectivity index (χ0v) is 12.0. The maximum absolute atomic E-state index is 10.8. The van der Waals surface area contributed by atoms with Gasteiger partial charge in [0, 0.05) is 24.7 Å². The van der Waals surface area contributed by atoms with E-state index in [1.165, 1.54) is 6.07 Å². The van der Waals surface area contributed by atoms with Crippen molar-refractivity contribution in [3.8, 4) is 11.3 Å². The normalized spacial score (nSPS) is 10.6. The molecule has 20 heavy (non-hydrogen) atoms. The van der Waals surface area contributed by atoms with Crippen LogP contribution < -0.4 is 4.90 Å². The summed E-state index contributed by atoms with van der Waals surface area (Å²) in [4.78, 5) is 12.9. The van der Waals surface area contributed by atoms with Crippen LogP contribution in [0, 0.1) is 0 Å². The fraction of sp³-hybridized carbons (Fsp3) is 0.286. The Morgan fingerprint density at radius 1 is 1.35 bits per heavy atom. The largest absolute Gasteiger partial charge is 0.476 e. The average molecular weight is 295 g/mol. The molecule has 0 spiro atoms. The summed E-state index contributed by atoms with van der Waals surface area (Å²) < 4.78 is 5.02. The highest BCUT2D eigenvalue weighted by Gasteiger charge is 2.14. The fourth-order valence-electron chi connectivity index (χ4n) is 1.99. The Morgan fingerprint density at radius 2 is 2.05 bits per heavy atom. The number of aromatic carboxylic acids is 1. The molecule has 5 nitrogen and oxygen atoms in total. The molecule has 1 N–H and O–H groups in total. The van der Waals surface area contributed by atoms with Crippen molar-refractivity contribution in [3.05, 3.63) is 35.0 Å². The number of hydrogen-bond donors (Lipinski definition) is 1. The van der Waals surface area contributed by atoms with E-state index in [0.717, 1.165) is 18.8 Å². The summed E-state index contributed by atoms with van der Waals surface area (Å²) in [6.07, 6.45) is 0. The number of anilines is 1. The van der Waals surface area contributed by atoms with Gasteiger partial charge in [0.1, 0.15) is 0 Å². The molecule has 0 fully saturated rings. The molecule has 0 aliphatic rings. The van der Waals surface area contributed by atoms with Crippen molar-refractivity contribution in [2.45, 2.75) is 13.8 Å². The lowest BCUT2D eigenvalue weighted by molar-refractivity contribution is 0.0686. The summed E-state index contributed by atoms with van der Waals surface area (Å²) in [5.74, 6) is -0.735. The van der Waals surface area contributed by atoms with Crippen LogP contribution in [0.25, 0.3) is 11.3 Å². The van der Waals surface area contributed by atoms with Crippen LogP contribution >= 0.6 is 11.6 Å². The van der Waals surface area contributed by atoms with Gasteiger partial charge in [-0.15, -0.1) is 0 Å². The molecule has 0 bridgehead atoms. The van der Waals surface area contributed by atoms with Crippen LogP contribution in [0.2, 0.25) is 5.02 Å². The zero-order chi connectivity index (χ0) is 14.7. The van der Waals surface area contributed by atoms with Crippen LogP contribution in [0.4, 0.5) is 5.69 Å². The molecule has 0 atom stereocenters. The number of rotatable bonds is 5.